The van der Waals surface area contributed by atoms with Crippen molar-refractivity contribution < 1.29 is 19.7 Å². The summed E-state index contributed by atoms with van der Waals surface area (Å²) >= 11 is 0. The highest BCUT2D eigenvalue weighted by molar-refractivity contribution is 5.88. The third kappa shape index (κ3) is 4.16. The van der Waals surface area contributed by atoms with E-state index in [1.54, 1.807) is 0 Å². The third-order valence-corrected chi connectivity index (χ3v) is 10.5. The van der Waals surface area contributed by atoms with Gasteiger partial charge < -0.3 is 14.9 Å². The lowest BCUT2D eigenvalue weighted by Gasteiger charge is -2.58. The van der Waals surface area contributed by atoms with Crippen LogP contribution in [0.4, 0.5) is 0 Å². The molecule has 9 atom stereocenters. The highest BCUT2D eigenvalue weighted by atomic mass is 16.5. The predicted molar refractivity (Wildman–Crippen MR) is 131 cm³/mol. The molecule has 2 N–H and O–H groups in total. The Morgan fingerprint density at radius 3 is 2.70 bits per heavy atom. The molecule has 0 heterocycles. The van der Waals surface area contributed by atoms with Gasteiger partial charge in [0.15, 0.2) is 0 Å². The summed E-state index contributed by atoms with van der Waals surface area (Å²) in [6, 6.07) is 0. The van der Waals surface area contributed by atoms with Crippen LogP contribution in [0.15, 0.2) is 36.5 Å². The minimum Gasteiger partial charge on any atom is -0.458 e. The molecule has 184 valence electrons. The lowest BCUT2D eigenvalue weighted by molar-refractivity contribution is -0.150. The molecule has 4 rings (SSSR count). The molecule has 0 bridgehead atoms. The standard InChI is InChI=1S/C29H44O4/c1-6-7-26(33-27(32)18(2)17-30)19(3)23-10-11-24-22-9-8-20-16-21(31)12-14-28(20,4)25(22)13-15-29(23,24)5/h6,8,19,21-26,30-31H,1-2,7,9-17H2,3-5H3/t19-,21-,22-,23+,24-,25-,26-,28-,29+/m0/s1. The van der Waals surface area contributed by atoms with E-state index < -0.39 is 5.97 Å². The van der Waals surface area contributed by atoms with Crippen LogP contribution in [0, 0.1) is 40.4 Å². The Morgan fingerprint density at radius 2 is 2.00 bits per heavy atom. The second-order valence-electron chi connectivity index (χ2n) is 12.0. The van der Waals surface area contributed by atoms with Gasteiger partial charge in [-0.3, -0.25) is 0 Å². The van der Waals surface area contributed by atoms with Crippen LogP contribution in [0.5, 0.6) is 0 Å². The largest absolute Gasteiger partial charge is 0.458 e. The van der Waals surface area contributed by atoms with Crippen molar-refractivity contribution in [3.8, 4) is 0 Å². The van der Waals surface area contributed by atoms with Crippen molar-refractivity contribution in [2.45, 2.75) is 90.8 Å². The van der Waals surface area contributed by atoms with Gasteiger partial charge in [0.25, 0.3) is 0 Å². The zero-order chi connectivity index (χ0) is 24.0. The minimum absolute atomic E-state index is 0.114. The van der Waals surface area contributed by atoms with Crippen molar-refractivity contribution in [1.29, 1.82) is 0 Å². The first-order valence-electron chi connectivity index (χ1n) is 13.1. The highest BCUT2D eigenvalue weighted by Crippen LogP contribution is 2.67. The SMILES string of the molecule is C=CC[C@H](OC(=O)C(=C)CO)[C@@H](C)[C@H]1CC[C@H]2[C@@H]3CC=C4C[C@@H](O)CC[C@]4(C)[C@H]3CC[C@]12C. The van der Waals surface area contributed by atoms with E-state index in [2.05, 4.69) is 40.0 Å². The maximum absolute atomic E-state index is 12.4. The van der Waals surface area contributed by atoms with Gasteiger partial charge in [0.2, 0.25) is 0 Å². The summed E-state index contributed by atoms with van der Waals surface area (Å²) < 4.78 is 5.84. The number of rotatable bonds is 7. The van der Waals surface area contributed by atoms with Gasteiger partial charge in [0, 0.05) is 6.42 Å². The second-order valence-corrected chi connectivity index (χ2v) is 12.0. The van der Waals surface area contributed by atoms with Crippen LogP contribution in [-0.4, -0.2) is 35.0 Å². The fourth-order valence-corrected chi connectivity index (χ4v) is 8.62. The van der Waals surface area contributed by atoms with Gasteiger partial charge in [-0.25, -0.2) is 4.79 Å². The van der Waals surface area contributed by atoms with Crippen LogP contribution in [0.2, 0.25) is 0 Å². The summed E-state index contributed by atoms with van der Waals surface area (Å²) in [5, 5.41) is 19.5. The Morgan fingerprint density at radius 1 is 1.24 bits per heavy atom. The van der Waals surface area contributed by atoms with Gasteiger partial charge in [-0.15, -0.1) is 6.58 Å². The first-order chi connectivity index (χ1) is 15.7. The predicted octanol–water partition coefficient (Wildman–Crippen LogP) is 5.60. The molecule has 0 spiro atoms. The van der Waals surface area contributed by atoms with Crippen molar-refractivity contribution in [2.24, 2.45) is 40.4 Å². The Labute approximate surface area is 200 Å². The molecule has 3 fully saturated rings. The maximum Gasteiger partial charge on any atom is 0.336 e. The van der Waals surface area contributed by atoms with E-state index in [0.29, 0.717) is 18.3 Å². The average molecular weight is 457 g/mol. The van der Waals surface area contributed by atoms with E-state index in [1.165, 1.54) is 31.3 Å². The Hall–Kier alpha value is -1.39. The van der Waals surface area contributed by atoms with E-state index in [0.717, 1.165) is 37.5 Å². The fraction of sp³-hybridized carbons (Fsp3) is 0.759. The van der Waals surface area contributed by atoms with Crippen LogP contribution in [0.1, 0.15) is 78.6 Å². The molecule has 0 amide bonds. The van der Waals surface area contributed by atoms with Gasteiger partial charge in [-0.2, -0.15) is 0 Å². The number of allylic oxidation sites excluding steroid dienone is 1. The maximum atomic E-state index is 12.4. The van der Waals surface area contributed by atoms with Gasteiger partial charge in [0.1, 0.15) is 6.10 Å². The molecule has 4 nitrogen and oxygen atoms in total. The number of hydrogen-bond acceptors (Lipinski definition) is 4. The van der Waals surface area contributed by atoms with E-state index in [9.17, 15) is 15.0 Å². The summed E-state index contributed by atoms with van der Waals surface area (Å²) in [6.45, 7) is 14.4. The lowest BCUT2D eigenvalue weighted by Crippen LogP contribution is -2.51. The summed E-state index contributed by atoms with van der Waals surface area (Å²) in [5.41, 5.74) is 2.16. The molecule has 0 aromatic heterocycles. The molecule has 3 saturated carbocycles. The van der Waals surface area contributed by atoms with Gasteiger partial charge in [0.05, 0.1) is 18.3 Å². The van der Waals surface area contributed by atoms with Crippen molar-refractivity contribution in [3.05, 3.63) is 36.5 Å². The number of carbonyl (C=O) groups is 1. The van der Waals surface area contributed by atoms with E-state index in [-0.39, 0.29) is 41.1 Å². The Balaban J connectivity index is 1.54. The summed E-state index contributed by atoms with van der Waals surface area (Å²) in [6.07, 6.45) is 13.6. The molecule has 4 aliphatic rings. The molecule has 0 radical (unpaired) electrons. The van der Waals surface area contributed by atoms with Crippen LogP contribution in [0.25, 0.3) is 0 Å². The third-order valence-electron chi connectivity index (χ3n) is 10.5. The lowest BCUT2D eigenvalue weighted by atomic mass is 9.47. The van der Waals surface area contributed by atoms with Crippen molar-refractivity contribution in [2.75, 3.05) is 6.61 Å². The summed E-state index contributed by atoms with van der Waals surface area (Å²) in [4.78, 5) is 12.4. The minimum atomic E-state index is -0.489. The first kappa shape index (κ1) is 24.7. The number of fused-ring (bicyclic) bond motifs is 5. The van der Waals surface area contributed by atoms with Crippen LogP contribution >= 0.6 is 0 Å². The second kappa shape index (κ2) is 9.34. The number of hydrogen-bond donors (Lipinski definition) is 2. The first-order valence-corrected chi connectivity index (χ1v) is 13.1. The molecule has 0 aromatic rings. The number of aliphatic hydroxyl groups excluding tert-OH is 2. The molecular formula is C29H44O4. The van der Waals surface area contributed by atoms with Crippen LogP contribution in [-0.2, 0) is 9.53 Å². The fourth-order valence-electron chi connectivity index (χ4n) is 8.62. The topological polar surface area (TPSA) is 66.8 Å². The van der Waals surface area contributed by atoms with Gasteiger partial charge in [-0.1, -0.05) is 45.1 Å². The smallest absolute Gasteiger partial charge is 0.336 e. The zero-order valence-electron chi connectivity index (χ0n) is 20.9. The number of ether oxygens (including phenoxy) is 1. The number of esters is 1. The van der Waals surface area contributed by atoms with Crippen LogP contribution in [0.3, 0.4) is 0 Å². The summed E-state index contributed by atoms with van der Waals surface area (Å²) in [5.74, 6) is 2.41. The zero-order valence-corrected chi connectivity index (χ0v) is 20.9. The average Bonchev–Trinajstić information content (AvgIpc) is 3.15. The summed E-state index contributed by atoms with van der Waals surface area (Å²) in [7, 11) is 0. The normalized spacial score (nSPS) is 41.6. The number of carbonyl (C=O) groups excluding carboxylic acids is 1. The monoisotopic (exact) mass is 456 g/mol. The Kier molecular flexibility index (Phi) is 7.00. The molecule has 0 unspecified atom stereocenters. The molecule has 0 aromatic carbocycles. The highest BCUT2D eigenvalue weighted by Gasteiger charge is 2.59. The van der Waals surface area contributed by atoms with Crippen LogP contribution < -0.4 is 0 Å². The quantitative estimate of drug-likeness (QED) is 0.297. The molecule has 0 aliphatic heterocycles. The van der Waals surface area contributed by atoms with Crippen molar-refractivity contribution >= 4 is 5.97 Å². The molecular weight excluding hydrogens is 412 g/mol. The van der Waals surface area contributed by atoms with Crippen molar-refractivity contribution in [1.82, 2.24) is 0 Å². The van der Waals surface area contributed by atoms with Gasteiger partial charge in [-0.05, 0) is 91.8 Å². The van der Waals surface area contributed by atoms with E-state index in [1.807, 2.05) is 6.08 Å². The molecule has 4 heteroatoms. The van der Waals surface area contributed by atoms with Crippen molar-refractivity contribution in [3.63, 3.8) is 0 Å². The Bertz CT molecular complexity index is 814. The number of aliphatic hydroxyl groups is 2. The molecule has 0 saturated heterocycles. The molecule has 4 aliphatic carbocycles. The van der Waals surface area contributed by atoms with E-state index in [4.69, 9.17) is 4.74 Å². The van der Waals surface area contributed by atoms with E-state index >= 15 is 0 Å². The van der Waals surface area contributed by atoms with Gasteiger partial charge >= 0.3 is 5.97 Å². The molecule has 33 heavy (non-hydrogen) atoms.